The third-order valence-corrected chi connectivity index (χ3v) is 4.22. The van der Waals surface area contributed by atoms with E-state index in [4.69, 9.17) is 18.7 Å². The number of benzene rings is 1. The van der Waals surface area contributed by atoms with Gasteiger partial charge in [-0.25, -0.2) is 0 Å². The van der Waals surface area contributed by atoms with Gasteiger partial charge >= 0.3 is 0 Å². The molecule has 152 valence electrons. The second kappa shape index (κ2) is 9.10. The third kappa shape index (κ3) is 5.25. The van der Waals surface area contributed by atoms with E-state index in [-0.39, 0.29) is 25.9 Å². The molecule has 0 aliphatic carbocycles. The van der Waals surface area contributed by atoms with Crippen molar-refractivity contribution in [2.45, 2.75) is 34.3 Å². The quantitative estimate of drug-likeness (QED) is 0.652. The van der Waals surface area contributed by atoms with Crippen molar-refractivity contribution in [3.05, 3.63) is 30.0 Å². The number of ether oxygens (including phenoxy) is 3. The summed E-state index contributed by atoms with van der Waals surface area (Å²) in [5, 5.41) is 4.03. The van der Waals surface area contributed by atoms with Crippen LogP contribution in [-0.2, 0) is 16.1 Å². The predicted octanol–water partition coefficient (Wildman–Crippen LogP) is 3.73. The number of hydrogen-bond donors (Lipinski definition) is 0. The van der Waals surface area contributed by atoms with Crippen LogP contribution in [0.4, 0.5) is 0 Å². The van der Waals surface area contributed by atoms with Crippen LogP contribution in [0.25, 0.3) is 11.3 Å². The lowest BCUT2D eigenvalue weighted by atomic mass is 10.1. The van der Waals surface area contributed by atoms with Gasteiger partial charge < -0.3 is 23.6 Å². The van der Waals surface area contributed by atoms with Gasteiger partial charge in [0.15, 0.2) is 17.3 Å². The van der Waals surface area contributed by atoms with E-state index in [1.807, 2.05) is 29.2 Å². The Bertz CT molecular complexity index is 790. The number of rotatable bonds is 9. The molecule has 1 amide bonds. The van der Waals surface area contributed by atoms with Crippen molar-refractivity contribution in [3.63, 3.8) is 0 Å². The lowest BCUT2D eigenvalue weighted by Gasteiger charge is -2.26. The molecule has 1 aliphatic rings. The molecule has 3 rings (SSSR count). The van der Waals surface area contributed by atoms with Crippen molar-refractivity contribution in [2.24, 2.45) is 11.8 Å². The maximum atomic E-state index is 12.5. The number of fused-ring (bicyclic) bond motifs is 1. The van der Waals surface area contributed by atoms with Gasteiger partial charge in [-0.2, -0.15) is 0 Å². The summed E-state index contributed by atoms with van der Waals surface area (Å²) >= 11 is 0. The standard InChI is InChI=1S/C21H28N2O5/c1-14(2)9-23(10-15(3)4)21(24)12-25-11-17-8-19(28-22-17)16-5-6-18-20(7-16)27-13-26-18/h5-8,14-15H,9-13H2,1-4H3. The zero-order chi connectivity index (χ0) is 20.1. The zero-order valence-electron chi connectivity index (χ0n) is 16.9. The molecule has 7 nitrogen and oxygen atoms in total. The molecule has 1 aromatic heterocycles. The molecule has 0 bridgehead atoms. The molecule has 0 spiro atoms. The maximum absolute atomic E-state index is 12.5. The topological polar surface area (TPSA) is 74.0 Å². The van der Waals surface area contributed by atoms with Crippen molar-refractivity contribution in [1.82, 2.24) is 10.1 Å². The summed E-state index contributed by atoms with van der Waals surface area (Å²) < 4.78 is 21.7. The van der Waals surface area contributed by atoms with Crippen LogP contribution in [-0.4, -0.2) is 42.5 Å². The van der Waals surface area contributed by atoms with E-state index in [0.29, 0.717) is 29.0 Å². The van der Waals surface area contributed by atoms with Crippen LogP contribution in [0.5, 0.6) is 11.5 Å². The first-order valence-corrected chi connectivity index (χ1v) is 9.63. The fraction of sp³-hybridized carbons (Fsp3) is 0.524. The average Bonchev–Trinajstić information content (AvgIpc) is 3.28. The van der Waals surface area contributed by atoms with Gasteiger partial charge in [-0.3, -0.25) is 4.79 Å². The van der Waals surface area contributed by atoms with Crippen molar-refractivity contribution < 1.29 is 23.5 Å². The Morgan fingerprint density at radius 1 is 1.11 bits per heavy atom. The molecular weight excluding hydrogens is 360 g/mol. The van der Waals surface area contributed by atoms with Crippen molar-refractivity contribution in [3.8, 4) is 22.8 Å². The van der Waals surface area contributed by atoms with Gasteiger partial charge in [-0.05, 0) is 30.0 Å². The van der Waals surface area contributed by atoms with E-state index in [9.17, 15) is 4.79 Å². The molecule has 0 fully saturated rings. The minimum absolute atomic E-state index is 0.00175. The Hall–Kier alpha value is -2.54. The summed E-state index contributed by atoms with van der Waals surface area (Å²) in [4.78, 5) is 14.3. The highest BCUT2D eigenvalue weighted by atomic mass is 16.7. The Labute approximate surface area is 165 Å². The first-order valence-electron chi connectivity index (χ1n) is 9.63. The Balaban J connectivity index is 1.53. The molecule has 0 saturated heterocycles. The molecule has 1 aromatic carbocycles. The fourth-order valence-electron chi connectivity index (χ4n) is 3.06. The van der Waals surface area contributed by atoms with E-state index in [1.165, 1.54) is 0 Å². The number of nitrogens with zero attached hydrogens (tertiary/aromatic N) is 2. The number of carbonyl (C=O) groups excluding carboxylic acids is 1. The molecule has 0 N–H and O–H groups in total. The van der Waals surface area contributed by atoms with Gasteiger partial charge in [-0.1, -0.05) is 32.9 Å². The van der Waals surface area contributed by atoms with Crippen molar-refractivity contribution in [1.29, 1.82) is 0 Å². The summed E-state index contributed by atoms with van der Waals surface area (Å²) in [5.74, 6) is 2.86. The van der Waals surface area contributed by atoms with Crippen molar-refractivity contribution in [2.75, 3.05) is 26.5 Å². The van der Waals surface area contributed by atoms with Crippen molar-refractivity contribution >= 4 is 5.91 Å². The monoisotopic (exact) mass is 388 g/mol. The summed E-state index contributed by atoms with van der Waals surface area (Å²) in [6.07, 6.45) is 0. The van der Waals surface area contributed by atoms with Crippen LogP contribution in [0.2, 0.25) is 0 Å². The van der Waals surface area contributed by atoms with E-state index in [2.05, 4.69) is 32.9 Å². The second-order valence-electron chi connectivity index (χ2n) is 7.83. The van der Waals surface area contributed by atoms with Crippen LogP contribution in [0.3, 0.4) is 0 Å². The highest BCUT2D eigenvalue weighted by molar-refractivity contribution is 5.77. The maximum Gasteiger partial charge on any atom is 0.248 e. The molecule has 0 radical (unpaired) electrons. The summed E-state index contributed by atoms with van der Waals surface area (Å²) in [6, 6.07) is 7.39. The van der Waals surface area contributed by atoms with Gasteiger partial charge in [0.2, 0.25) is 12.7 Å². The minimum Gasteiger partial charge on any atom is -0.454 e. The zero-order valence-corrected chi connectivity index (χ0v) is 16.9. The normalized spacial score (nSPS) is 12.8. The molecule has 2 heterocycles. The van der Waals surface area contributed by atoms with Gasteiger partial charge in [0.05, 0.1) is 6.61 Å². The molecule has 0 unspecified atom stereocenters. The van der Waals surface area contributed by atoms with E-state index >= 15 is 0 Å². The molecule has 0 atom stereocenters. The highest BCUT2D eigenvalue weighted by Gasteiger charge is 2.18. The lowest BCUT2D eigenvalue weighted by Crippen LogP contribution is -2.39. The minimum atomic E-state index is 0.00175. The third-order valence-electron chi connectivity index (χ3n) is 4.22. The first-order chi connectivity index (χ1) is 13.4. The number of aromatic nitrogens is 1. The fourth-order valence-corrected chi connectivity index (χ4v) is 3.06. The Morgan fingerprint density at radius 3 is 2.54 bits per heavy atom. The van der Waals surface area contributed by atoms with E-state index < -0.39 is 0 Å². The van der Waals surface area contributed by atoms with Crippen LogP contribution in [0, 0.1) is 11.8 Å². The smallest absolute Gasteiger partial charge is 0.248 e. The van der Waals surface area contributed by atoms with E-state index in [0.717, 1.165) is 24.4 Å². The summed E-state index contributed by atoms with van der Waals surface area (Å²) in [6.45, 7) is 10.4. The van der Waals surface area contributed by atoms with Crippen LogP contribution < -0.4 is 9.47 Å². The molecule has 0 saturated carbocycles. The number of hydrogen-bond acceptors (Lipinski definition) is 6. The first kappa shape index (κ1) is 20.2. The summed E-state index contributed by atoms with van der Waals surface area (Å²) in [7, 11) is 0. The largest absolute Gasteiger partial charge is 0.454 e. The molecule has 2 aromatic rings. The van der Waals surface area contributed by atoms with E-state index in [1.54, 1.807) is 0 Å². The molecular formula is C21H28N2O5. The van der Waals surface area contributed by atoms with Gasteiger partial charge in [-0.15, -0.1) is 0 Å². The Kier molecular flexibility index (Phi) is 6.57. The van der Waals surface area contributed by atoms with Gasteiger partial charge in [0.1, 0.15) is 12.3 Å². The van der Waals surface area contributed by atoms with Crippen LogP contribution >= 0.6 is 0 Å². The second-order valence-corrected chi connectivity index (χ2v) is 7.83. The Morgan fingerprint density at radius 2 is 1.82 bits per heavy atom. The molecule has 1 aliphatic heterocycles. The number of amides is 1. The van der Waals surface area contributed by atoms with Gasteiger partial charge in [0, 0.05) is 24.7 Å². The number of carbonyl (C=O) groups is 1. The highest BCUT2D eigenvalue weighted by Crippen LogP contribution is 2.36. The predicted molar refractivity (Wildman–Crippen MR) is 104 cm³/mol. The summed E-state index contributed by atoms with van der Waals surface area (Å²) in [5.41, 5.74) is 1.49. The lowest BCUT2D eigenvalue weighted by molar-refractivity contribution is -0.137. The average molecular weight is 388 g/mol. The van der Waals surface area contributed by atoms with Crippen LogP contribution in [0.1, 0.15) is 33.4 Å². The van der Waals surface area contributed by atoms with Gasteiger partial charge in [0.25, 0.3) is 0 Å². The molecule has 28 heavy (non-hydrogen) atoms. The SMILES string of the molecule is CC(C)CN(CC(C)C)C(=O)COCc1cc(-c2ccc3c(c2)OCO3)on1. The van der Waals surface area contributed by atoms with Crippen LogP contribution in [0.15, 0.2) is 28.8 Å². The molecule has 7 heteroatoms.